The molecular formula is C10H9NO3S2. The van der Waals surface area contributed by atoms with Crippen molar-refractivity contribution >= 4 is 28.6 Å². The first-order valence-corrected chi connectivity index (χ1v) is 6.34. The molecule has 0 saturated heterocycles. The SMILES string of the molecule is O=C(O)COCc1csc(-c2ccsc2)n1. The zero-order chi connectivity index (χ0) is 11.4. The molecule has 0 spiro atoms. The van der Waals surface area contributed by atoms with Crippen LogP contribution in [0.4, 0.5) is 0 Å². The third-order valence-electron chi connectivity index (χ3n) is 1.80. The predicted molar refractivity (Wildman–Crippen MR) is 62.7 cm³/mol. The summed E-state index contributed by atoms with van der Waals surface area (Å²) in [5.41, 5.74) is 1.87. The molecule has 1 N–H and O–H groups in total. The van der Waals surface area contributed by atoms with Gasteiger partial charge in [0.25, 0.3) is 0 Å². The van der Waals surface area contributed by atoms with Crippen molar-refractivity contribution in [3.8, 4) is 10.6 Å². The molecule has 0 atom stereocenters. The monoisotopic (exact) mass is 255 g/mol. The third-order valence-corrected chi connectivity index (χ3v) is 3.42. The van der Waals surface area contributed by atoms with Crippen LogP contribution in [0, 0.1) is 0 Å². The lowest BCUT2D eigenvalue weighted by Gasteiger charge is -1.96. The van der Waals surface area contributed by atoms with E-state index >= 15 is 0 Å². The van der Waals surface area contributed by atoms with Gasteiger partial charge in [0.1, 0.15) is 11.6 Å². The normalized spacial score (nSPS) is 10.5. The van der Waals surface area contributed by atoms with Crippen molar-refractivity contribution in [3.05, 3.63) is 27.9 Å². The number of hydrogen-bond donors (Lipinski definition) is 1. The van der Waals surface area contributed by atoms with Crippen LogP contribution >= 0.6 is 22.7 Å². The van der Waals surface area contributed by atoms with E-state index in [4.69, 9.17) is 9.84 Å². The first-order chi connectivity index (χ1) is 7.75. The van der Waals surface area contributed by atoms with Gasteiger partial charge in [-0.25, -0.2) is 9.78 Å². The number of ether oxygens (including phenoxy) is 1. The maximum atomic E-state index is 10.2. The van der Waals surface area contributed by atoms with Crippen LogP contribution in [-0.2, 0) is 16.1 Å². The number of carbonyl (C=O) groups is 1. The van der Waals surface area contributed by atoms with Crippen molar-refractivity contribution in [1.82, 2.24) is 4.98 Å². The molecule has 0 aliphatic rings. The minimum atomic E-state index is -0.965. The molecule has 0 bridgehead atoms. The van der Waals surface area contributed by atoms with Gasteiger partial charge in [-0.1, -0.05) is 0 Å². The Hall–Kier alpha value is -1.24. The molecule has 0 aromatic carbocycles. The molecule has 0 aliphatic carbocycles. The molecule has 4 nitrogen and oxygen atoms in total. The van der Waals surface area contributed by atoms with E-state index in [1.165, 1.54) is 11.3 Å². The highest BCUT2D eigenvalue weighted by Crippen LogP contribution is 2.25. The molecule has 2 aromatic heterocycles. The summed E-state index contributed by atoms with van der Waals surface area (Å²) in [6.45, 7) is -0.0434. The Morgan fingerprint density at radius 2 is 2.38 bits per heavy atom. The fraction of sp³-hybridized carbons (Fsp3) is 0.200. The summed E-state index contributed by atoms with van der Waals surface area (Å²) >= 11 is 3.16. The van der Waals surface area contributed by atoms with Crippen LogP contribution in [0.2, 0.25) is 0 Å². The van der Waals surface area contributed by atoms with Crippen LogP contribution in [0.25, 0.3) is 10.6 Å². The number of hydrogen-bond acceptors (Lipinski definition) is 5. The van der Waals surface area contributed by atoms with E-state index in [2.05, 4.69) is 4.98 Å². The zero-order valence-electron chi connectivity index (χ0n) is 8.25. The van der Waals surface area contributed by atoms with Crippen molar-refractivity contribution in [2.24, 2.45) is 0 Å². The average molecular weight is 255 g/mol. The molecule has 0 amide bonds. The van der Waals surface area contributed by atoms with E-state index in [0.717, 1.165) is 16.3 Å². The minimum absolute atomic E-state index is 0.243. The minimum Gasteiger partial charge on any atom is -0.480 e. The first-order valence-electron chi connectivity index (χ1n) is 4.52. The number of carboxylic acid groups (broad SMARTS) is 1. The highest BCUT2D eigenvalue weighted by molar-refractivity contribution is 7.14. The fourth-order valence-corrected chi connectivity index (χ4v) is 2.65. The van der Waals surface area contributed by atoms with Crippen LogP contribution < -0.4 is 0 Å². The number of aliphatic carboxylic acids is 1. The molecule has 0 aliphatic heterocycles. The van der Waals surface area contributed by atoms with E-state index < -0.39 is 5.97 Å². The quantitative estimate of drug-likeness (QED) is 0.891. The van der Waals surface area contributed by atoms with Crippen LogP contribution in [-0.4, -0.2) is 22.7 Å². The Morgan fingerprint density at radius 3 is 3.06 bits per heavy atom. The number of thiazole rings is 1. The van der Waals surface area contributed by atoms with Crippen LogP contribution in [0.15, 0.2) is 22.2 Å². The third kappa shape index (κ3) is 2.88. The van der Waals surface area contributed by atoms with Crippen molar-refractivity contribution in [2.45, 2.75) is 6.61 Å². The molecule has 2 rings (SSSR count). The molecular weight excluding hydrogens is 246 g/mol. The van der Waals surface area contributed by atoms with E-state index in [0.29, 0.717) is 0 Å². The van der Waals surface area contributed by atoms with Gasteiger partial charge in [0, 0.05) is 16.3 Å². The summed E-state index contributed by atoms with van der Waals surface area (Å²) in [4.78, 5) is 14.6. The van der Waals surface area contributed by atoms with Gasteiger partial charge in [-0.05, 0) is 11.4 Å². The second kappa shape index (κ2) is 5.20. The van der Waals surface area contributed by atoms with Gasteiger partial charge in [-0.3, -0.25) is 0 Å². The maximum Gasteiger partial charge on any atom is 0.329 e. The lowest BCUT2D eigenvalue weighted by molar-refractivity contribution is -0.142. The van der Waals surface area contributed by atoms with Crippen molar-refractivity contribution in [2.75, 3.05) is 6.61 Å². The van der Waals surface area contributed by atoms with Gasteiger partial charge < -0.3 is 9.84 Å². The van der Waals surface area contributed by atoms with E-state index in [1.807, 2.05) is 22.2 Å². The zero-order valence-corrected chi connectivity index (χ0v) is 9.88. The largest absolute Gasteiger partial charge is 0.480 e. The number of thiophene rings is 1. The Balaban J connectivity index is 1.95. The maximum absolute atomic E-state index is 10.2. The lowest BCUT2D eigenvalue weighted by Crippen LogP contribution is -2.06. The number of rotatable bonds is 5. The molecule has 0 fully saturated rings. The topological polar surface area (TPSA) is 59.4 Å². The highest BCUT2D eigenvalue weighted by atomic mass is 32.1. The van der Waals surface area contributed by atoms with Crippen molar-refractivity contribution in [3.63, 3.8) is 0 Å². The van der Waals surface area contributed by atoms with Gasteiger partial charge in [0.2, 0.25) is 0 Å². The molecule has 6 heteroatoms. The molecule has 0 saturated carbocycles. The average Bonchev–Trinajstić information content (AvgIpc) is 2.85. The van der Waals surface area contributed by atoms with Crippen LogP contribution in [0.1, 0.15) is 5.69 Å². The summed E-state index contributed by atoms with van der Waals surface area (Å²) in [5.74, 6) is -0.965. The van der Waals surface area contributed by atoms with E-state index in [1.54, 1.807) is 11.3 Å². The highest BCUT2D eigenvalue weighted by Gasteiger charge is 2.05. The second-order valence-electron chi connectivity index (χ2n) is 3.04. The molecule has 2 aromatic rings. The number of carboxylic acids is 1. The van der Waals surface area contributed by atoms with Crippen LogP contribution in [0.5, 0.6) is 0 Å². The lowest BCUT2D eigenvalue weighted by atomic mass is 10.4. The molecule has 0 radical (unpaired) electrons. The van der Waals surface area contributed by atoms with Crippen molar-refractivity contribution < 1.29 is 14.6 Å². The smallest absolute Gasteiger partial charge is 0.329 e. The van der Waals surface area contributed by atoms with Crippen LogP contribution in [0.3, 0.4) is 0 Å². The Bertz CT molecular complexity index is 464. The molecule has 2 heterocycles. The first kappa shape index (κ1) is 11.3. The Labute approximate surface area is 100 Å². The van der Waals surface area contributed by atoms with Gasteiger partial charge in [-0.2, -0.15) is 11.3 Å². The van der Waals surface area contributed by atoms with Gasteiger partial charge in [0.05, 0.1) is 12.3 Å². The number of aromatic nitrogens is 1. The summed E-state index contributed by atoms with van der Waals surface area (Å²) in [6, 6.07) is 2.01. The van der Waals surface area contributed by atoms with E-state index in [9.17, 15) is 4.79 Å². The number of nitrogens with zero attached hydrogens (tertiary/aromatic N) is 1. The van der Waals surface area contributed by atoms with Crippen molar-refractivity contribution in [1.29, 1.82) is 0 Å². The summed E-state index contributed by atoms with van der Waals surface area (Å²) in [5, 5.41) is 15.3. The Kier molecular flexibility index (Phi) is 3.66. The molecule has 16 heavy (non-hydrogen) atoms. The molecule has 0 unspecified atom stereocenters. The summed E-state index contributed by atoms with van der Waals surface area (Å²) in [7, 11) is 0. The fourth-order valence-electron chi connectivity index (χ4n) is 1.13. The molecule has 84 valence electrons. The van der Waals surface area contributed by atoms with Gasteiger partial charge in [0.15, 0.2) is 0 Å². The van der Waals surface area contributed by atoms with Gasteiger partial charge >= 0.3 is 5.97 Å². The second-order valence-corrected chi connectivity index (χ2v) is 4.68. The summed E-state index contributed by atoms with van der Waals surface area (Å²) in [6.07, 6.45) is 0. The Morgan fingerprint density at radius 1 is 1.50 bits per heavy atom. The van der Waals surface area contributed by atoms with Gasteiger partial charge in [-0.15, -0.1) is 11.3 Å². The standard InChI is InChI=1S/C10H9NO3S2/c12-9(13)4-14-3-8-6-16-10(11-8)7-1-2-15-5-7/h1-2,5-6H,3-4H2,(H,12,13). The van der Waals surface area contributed by atoms with E-state index in [-0.39, 0.29) is 13.2 Å². The summed E-state index contributed by atoms with van der Waals surface area (Å²) < 4.78 is 4.96. The predicted octanol–water partition coefficient (Wildman–Crippen LogP) is 2.47.